The third-order valence-corrected chi connectivity index (χ3v) is 3.63. The molecule has 0 bridgehead atoms. The van der Waals surface area contributed by atoms with Gasteiger partial charge in [-0.3, -0.25) is 0 Å². The molecule has 2 nitrogen and oxygen atoms in total. The summed E-state index contributed by atoms with van der Waals surface area (Å²) in [6.07, 6.45) is -0.573. The number of benzene rings is 2. The Hall–Kier alpha value is -1.64. The Morgan fingerprint density at radius 3 is 2.00 bits per heavy atom. The van der Waals surface area contributed by atoms with E-state index in [1.165, 1.54) is 5.56 Å². The average Bonchev–Trinajstić information content (AvgIpc) is 2.47. The first-order chi connectivity index (χ1) is 9.04. The molecule has 0 saturated carbocycles. The zero-order chi connectivity index (χ0) is 13.9. The van der Waals surface area contributed by atoms with Crippen LogP contribution in [0.3, 0.4) is 0 Å². The number of aliphatic hydroxyl groups is 1. The summed E-state index contributed by atoms with van der Waals surface area (Å²) in [5, 5.41) is 10.3. The van der Waals surface area contributed by atoms with Crippen molar-refractivity contribution in [2.75, 3.05) is 6.54 Å². The molecule has 0 radical (unpaired) electrons. The van der Waals surface area contributed by atoms with Crippen LogP contribution in [-0.2, 0) is 5.41 Å². The third kappa shape index (κ3) is 3.03. The molecule has 0 aliphatic rings. The molecule has 0 aliphatic heterocycles. The molecular formula is C17H21NO. The Bertz CT molecular complexity index is 517. The van der Waals surface area contributed by atoms with Gasteiger partial charge in [-0.15, -0.1) is 0 Å². The van der Waals surface area contributed by atoms with Crippen molar-refractivity contribution in [1.29, 1.82) is 0 Å². The third-order valence-electron chi connectivity index (χ3n) is 3.63. The topological polar surface area (TPSA) is 46.2 Å². The second-order valence-electron chi connectivity index (χ2n) is 5.52. The zero-order valence-electron chi connectivity index (χ0n) is 11.5. The van der Waals surface area contributed by atoms with Crippen molar-refractivity contribution in [1.82, 2.24) is 0 Å². The molecule has 0 heterocycles. The molecule has 0 aliphatic carbocycles. The minimum atomic E-state index is -0.573. The fourth-order valence-electron chi connectivity index (χ4n) is 2.06. The monoisotopic (exact) mass is 255 g/mol. The quantitative estimate of drug-likeness (QED) is 0.882. The molecule has 1 atom stereocenters. The van der Waals surface area contributed by atoms with Gasteiger partial charge in [0.2, 0.25) is 0 Å². The van der Waals surface area contributed by atoms with E-state index in [1.54, 1.807) is 0 Å². The first kappa shape index (κ1) is 13.8. The molecule has 0 amide bonds. The second kappa shape index (κ2) is 5.55. The van der Waals surface area contributed by atoms with Crippen molar-refractivity contribution in [2.45, 2.75) is 25.4 Å². The fourth-order valence-corrected chi connectivity index (χ4v) is 2.06. The van der Waals surface area contributed by atoms with Crippen molar-refractivity contribution >= 4 is 0 Å². The van der Waals surface area contributed by atoms with Crippen molar-refractivity contribution in [3.8, 4) is 0 Å². The molecule has 3 N–H and O–H groups in total. The van der Waals surface area contributed by atoms with Gasteiger partial charge in [-0.2, -0.15) is 0 Å². The highest BCUT2D eigenvalue weighted by molar-refractivity contribution is 5.34. The minimum Gasteiger partial charge on any atom is -0.384 e. The highest BCUT2D eigenvalue weighted by Gasteiger charge is 2.19. The molecule has 2 rings (SSSR count). The number of nitrogens with two attached hydrogens (primary N) is 1. The van der Waals surface area contributed by atoms with Crippen molar-refractivity contribution in [3.63, 3.8) is 0 Å². The predicted molar refractivity (Wildman–Crippen MR) is 79.0 cm³/mol. The van der Waals surface area contributed by atoms with Gasteiger partial charge >= 0.3 is 0 Å². The highest BCUT2D eigenvalue weighted by atomic mass is 16.3. The van der Waals surface area contributed by atoms with Crippen molar-refractivity contribution < 1.29 is 5.11 Å². The molecule has 2 aromatic carbocycles. The molecule has 100 valence electrons. The van der Waals surface area contributed by atoms with Gasteiger partial charge in [0.15, 0.2) is 0 Å². The summed E-state index contributed by atoms with van der Waals surface area (Å²) in [6, 6.07) is 17.7. The van der Waals surface area contributed by atoms with Crippen LogP contribution in [0.15, 0.2) is 54.6 Å². The Kier molecular flexibility index (Phi) is 4.03. The first-order valence-electron chi connectivity index (χ1n) is 6.58. The van der Waals surface area contributed by atoms with Gasteiger partial charge in [0, 0.05) is 12.0 Å². The van der Waals surface area contributed by atoms with E-state index in [1.807, 2.05) is 54.6 Å². The predicted octanol–water partition coefficient (Wildman–Crippen LogP) is 3.00. The van der Waals surface area contributed by atoms with E-state index in [4.69, 9.17) is 5.73 Å². The van der Waals surface area contributed by atoms with Crippen LogP contribution in [-0.4, -0.2) is 11.7 Å². The molecule has 1 unspecified atom stereocenters. The largest absolute Gasteiger partial charge is 0.384 e. The Morgan fingerprint density at radius 1 is 0.947 bits per heavy atom. The van der Waals surface area contributed by atoms with E-state index in [2.05, 4.69) is 13.8 Å². The van der Waals surface area contributed by atoms with Crippen molar-refractivity contribution in [3.05, 3.63) is 71.3 Å². The van der Waals surface area contributed by atoms with Gasteiger partial charge in [-0.25, -0.2) is 0 Å². The van der Waals surface area contributed by atoms with Gasteiger partial charge in [0.05, 0.1) is 0 Å². The van der Waals surface area contributed by atoms with E-state index in [0.717, 1.165) is 11.1 Å². The second-order valence-corrected chi connectivity index (χ2v) is 5.52. The van der Waals surface area contributed by atoms with Crippen molar-refractivity contribution in [2.24, 2.45) is 5.73 Å². The minimum absolute atomic E-state index is 0.0315. The molecule has 2 aromatic rings. The SMILES string of the molecule is CC(C)(CN)c1ccc(C(O)c2ccccc2)cc1. The van der Waals surface area contributed by atoms with Crippen LogP contribution in [0.2, 0.25) is 0 Å². The van der Waals surface area contributed by atoms with Gasteiger partial charge < -0.3 is 10.8 Å². The lowest BCUT2D eigenvalue weighted by Gasteiger charge is -2.23. The van der Waals surface area contributed by atoms with Gasteiger partial charge in [0.25, 0.3) is 0 Å². The van der Waals surface area contributed by atoms with E-state index < -0.39 is 6.10 Å². The lowest BCUT2D eigenvalue weighted by atomic mass is 9.84. The van der Waals surface area contributed by atoms with E-state index in [9.17, 15) is 5.11 Å². The fraction of sp³-hybridized carbons (Fsp3) is 0.294. The van der Waals surface area contributed by atoms with Crippen LogP contribution in [0, 0.1) is 0 Å². The Labute approximate surface area is 114 Å². The van der Waals surface area contributed by atoms with Crippen LogP contribution >= 0.6 is 0 Å². The molecule has 0 spiro atoms. The molecule has 2 heteroatoms. The molecule has 0 saturated heterocycles. The summed E-state index contributed by atoms with van der Waals surface area (Å²) in [5.74, 6) is 0. The smallest absolute Gasteiger partial charge is 0.104 e. The molecule has 19 heavy (non-hydrogen) atoms. The number of hydrogen-bond acceptors (Lipinski definition) is 2. The molecular weight excluding hydrogens is 234 g/mol. The van der Waals surface area contributed by atoms with Crippen LogP contribution in [0.4, 0.5) is 0 Å². The maximum absolute atomic E-state index is 10.3. The van der Waals surface area contributed by atoms with E-state index in [-0.39, 0.29) is 5.41 Å². The highest BCUT2D eigenvalue weighted by Crippen LogP contribution is 2.26. The first-order valence-corrected chi connectivity index (χ1v) is 6.58. The van der Waals surface area contributed by atoms with Crippen LogP contribution < -0.4 is 5.73 Å². The zero-order valence-corrected chi connectivity index (χ0v) is 11.5. The summed E-state index contributed by atoms with van der Waals surface area (Å²) in [4.78, 5) is 0. The van der Waals surface area contributed by atoms with Gasteiger partial charge in [-0.05, 0) is 16.7 Å². The lowest BCUT2D eigenvalue weighted by molar-refractivity contribution is 0.220. The summed E-state index contributed by atoms with van der Waals surface area (Å²) in [7, 11) is 0. The number of aliphatic hydroxyl groups excluding tert-OH is 1. The summed E-state index contributed by atoms with van der Waals surface area (Å²) in [6.45, 7) is 4.85. The molecule has 0 fully saturated rings. The maximum Gasteiger partial charge on any atom is 0.104 e. The number of rotatable bonds is 4. The van der Waals surface area contributed by atoms with Crippen LogP contribution in [0.5, 0.6) is 0 Å². The Morgan fingerprint density at radius 2 is 1.47 bits per heavy atom. The lowest BCUT2D eigenvalue weighted by Crippen LogP contribution is -2.28. The average molecular weight is 255 g/mol. The van der Waals surface area contributed by atoms with Gasteiger partial charge in [0.1, 0.15) is 6.10 Å². The summed E-state index contributed by atoms with van der Waals surface area (Å²) >= 11 is 0. The van der Waals surface area contributed by atoms with Crippen LogP contribution in [0.1, 0.15) is 36.6 Å². The summed E-state index contributed by atoms with van der Waals surface area (Å²) < 4.78 is 0. The van der Waals surface area contributed by atoms with E-state index in [0.29, 0.717) is 6.54 Å². The van der Waals surface area contributed by atoms with Gasteiger partial charge in [-0.1, -0.05) is 68.4 Å². The molecule has 0 aromatic heterocycles. The summed E-state index contributed by atoms with van der Waals surface area (Å²) in [5.41, 5.74) is 8.76. The van der Waals surface area contributed by atoms with E-state index >= 15 is 0 Å². The normalized spacial score (nSPS) is 13.3. The van der Waals surface area contributed by atoms with Crippen LogP contribution in [0.25, 0.3) is 0 Å². The standard InChI is InChI=1S/C17H21NO/c1-17(2,12-18)15-10-8-14(9-11-15)16(19)13-6-4-3-5-7-13/h3-11,16,19H,12,18H2,1-2H3. The Balaban J connectivity index is 2.24. The number of hydrogen-bond donors (Lipinski definition) is 2. The maximum atomic E-state index is 10.3.